The lowest BCUT2D eigenvalue weighted by Gasteiger charge is -2.38. The van der Waals surface area contributed by atoms with Gasteiger partial charge in [0.1, 0.15) is 12.7 Å². The van der Waals surface area contributed by atoms with Crippen LogP contribution >= 0.6 is 0 Å². The molecule has 0 amide bonds. The van der Waals surface area contributed by atoms with Gasteiger partial charge in [-0.05, 0) is 113 Å². The maximum Gasteiger partial charge on any atom is 0.338 e. The van der Waals surface area contributed by atoms with Crippen molar-refractivity contribution in [2.75, 3.05) is 20.3 Å². The number of esters is 3. The largest absolute Gasteiger partial charge is 0.465 e. The van der Waals surface area contributed by atoms with Crippen molar-refractivity contribution in [3.63, 3.8) is 0 Å². The third kappa shape index (κ3) is 13.9. The van der Waals surface area contributed by atoms with E-state index < -0.39 is 58.2 Å². The first kappa shape index (κ1) is 51.6. The predicted molar refractivity (Wildman–Crippen MR) is 251 cm³/mol. The van der Waals surface area contributed by atoms with Crippen molar-refractivity contribution in [3.05, 3.63) is 140 Å². The Morgan fingerprint density at radius 3 is 2.00 bits per heavy atom. The smallest absolute Gasteiger partial charge is 0.338 e. The number of benzene rings is 3. The highest BCUT2D eigenvalue weighted by Gasteiger charge is 2.48. The van der Waals surface area contributed by atoms with Crippen molar-refractivity contribution < 1.29 is 57.4 Å². The summed E-state index contributed by atoms with van der Waals surface area (Å²) in [6.45, 7) is 16.4. The van der Waals surface area contributed by atoms with Crippen molar-refractivity contribution >= 4 is 29.3 Å². The lowest BCUT2D eigenvalue weighted by atomic mass is 9.81. The van der Waals surface area contributed by atoms with E-state index in [9.17, 15) is 34.6 Å². The highest BCUT2D eigenvalue weighted by Crippen LogP contribution is 2.41. The number of non-ortho nitro benzene ring substituents is 2. The molecule has 2 unspecified atom stereocenters. The van der Waals surface area contributed by atoms with E-state index in [1.165, 1.54) is 48.5 Å². The lowest BCUT2D eigenvalue weighted by molar-refractivity contribution is -0.385. The first-order valence-electron chi connectivity index (χ1n) is 23.3. The van der Waals surface area contributed by atoms with E-state index in [1.54, 1.807) is 7.11 Å². The van der Waals surface area contributed by atoms with Gasteiger partial charge in [-0.15, -0.1) is 0 Å². The molecule has 16 heteroatoms. The van der Waals surface area contributed by atoms with Gasteiger partial charge in [-0.2, -0.15) is 0 Å². The Balaban J connectivity index is 1.14. The quantitative estimate of drug-likeness (QED) is 0.0244. The van der Waals surface area contributed by atoms with E-state index in [-0.39, 0.29) is 71.1 Å². The van der Waals surface area contributed by atoms with Gasteiger partial charge in [-0.25, -0.2) is 9.59 Å². The predicted octanol–water partition coefficient (Wildman–Crippen LogP) is 9.52. The van der Waals surface area contributed by atoms with Crippen LogP contribution in [0.4, 0.5) is 11.4 Å². The highest BCUT2D eigenvalue weighted by atomic mass is 16.6. The fourth-order valence-corrected chi connectivity index (χ4v) is 9.20. The second kappa shape index (κ2) is 23.5. The number of nitro benzene ring substituents is 2. The Hall–Kier alpha value is -5.81. The van der Waals surface area contributed by atoms with Gasteiger partial charge in [0, 0.05) is 50.1 Å². The number of methoxy groups -OCH3 is 1. The third-order valence-corrected chi connectivity index (χ3v) is 13.0. The van der Waals surface area contributed by atoms with Gasteiger partial charge >= 0.3 is 17.9 Å². The van der Waals surface area contributed by atoms with Gasteiger partial charge < -0.3 is 33.2 Å². The third-order valence-electron chi connectivity index (χ3n) is 13.0. The highest BCUT2D eigenvalue weighted by molar-refractivity contribution is 5.90. The Bertz CT molecular complexity index is 2240. The number of carbonyl (C=O) groups excluding carboxylic acids is 3. The molecule has 10 atom stereocenters. The summed E-state index contributed by atoms with van der Waals surface area (Å²) in [5.41, 5.74) is 2.27. The van der Waals surface area contributed by atoms with E-state index >= 15 is 0 Å². The van der Waals surface area contributed by atoms with Crippen LogP contribution < -0.4 is 0 Å². The molecule has 3 saturated heterocycles. The molecular weight excluding hydrogens is 877 g/mol. The molecule has 0 bridgehead atoms. The van der Waals surface area contributed by atoms with E-state index in [0.29, 0.717) is 25.9 Å². The molecule has 3 aromatic carbocycles. The van der Waals surface area contributed by atoms with Gasteiger partial charge in [0.25, 0.3) is 11.4 Å². The summed E-state index contributed by atoms with van der Waals surface area (Å²) in [6.07, 6.45) is 2.61. The average Bonchev–Trinajstić information content (AvgIpc) is 3.83. The molecule has 0 saturated carbocycles. The Morgan fingerprint density at radius 2 is 1.40 bits per heavy atom. The minimum atomic E-state index is -1.07. The minimum Gasteiger partial charge on any atom is -0.465 e. The SMILES string of the molecule is C=C1C(C[C@@H]2O[C@H](C[C@@H](COC(=O)c3ccc([N+](=O)[O-])cc3)OC(=O)c3ccc([N+](=O)[O-])cc3)[C@H](OC)[C@H]2Cc2ccccc2)OC(CC[C@@H]2O[C@@H](CCCOC(=O)C(C)(C)C)CC2=C)C[C@H]1C. The van der Waals surface area contributed by atoms with E-state index in [1.807, 2.05) is 51.1 Å². The molecule has 0 aliphatic carbocycles. The summed E-state index contributed by atoms with van der Waals surface area (Å²) in [7, 11) is 1.60. The van der Waals surface area contributed by atoms with E-state index in [0.717, 1.165) is 48.8 Å². The Labute approximate surface area is 397 Å². The molecule has 3 aliphatic heterocycles. The van der Waals surface area contributed by atoms with Crippen molar-refractivity contribution in [1.82, 2.24) is 0 Å². The summed E-state index contributed by atoms with van der Waals surface area (Å²) in [5, 5.41) is 22.5. The van der Waals surface area contributed by atoms with Crippen molar-refractivity contribution in [1.29, 1.82) is 0 Å². The molecule has 366 valence electrons. The van der Waals surface area contributed by atoms with Gasteiger partial charge in [-0.1, -0.05) is 50.4 Å². The zero-order chi connectivity index (χ0) is 49.1. The number of ether oxygens (including phenoxy) is 7. The molecule has 3 aromatic rings. The van der Waals surface area contributed by atoms with Crippen LogP contribution in [0.3, 0.4) is 0 Å². The van der Waals surface area contributed by atoms with Crippen LogP contribution in [0.1, 0.15) is 105 Å². The van der Waals surface area contributed by atoms with Crippen LogP contribution in [0.25, 0.3) is 0 Å². The van der Waals surface area contributed by atoms with Crippen LogP contribution in [0.15, 0.2) is 103 Å². The molecule has 0 spiro atoms. The standard InChI is InChI=1S/C52H64N2O14/c1-32-26-41(23-24-44-33(2)27-40(65-44)14-11-25-63-51(57)52(4,5)6)66-45(34(32)3)30-46-43(28-35-12-9-8-10-13-35)48(62-7)47(68-46)29-42(67-50(56)37-17-21-39(22-18-37)54(60)61)31-64-49(55)36-15-19-38(20-16-36)53(58)59/h8-10,12-13,15-22,32,40-48H,2-3,11,14,23-31H2,1,4-7H3/t32-,40+,41?,42+,43+,44+,45?,46+,47-,48-/m1/s1. The lowest BCUT2D eigenvalue weighted by Crippen LogP contribution is -2.39. The molecule has 6 rings (SSSR count). The van der Waals surface area contributed by atoms with Crippen molar-refractivity contribution in [2.24, 2.45) is 17.3 Å². The Kier molecular flexibility index (Phi) is 17.8. The van der Waals surface area contributed by atoms with Gasteiger partial charge in [0.15, 0.2) is 0 Å². The normalized spacial score (nSPS) is 25.4. The minimum absolute atomic E-state index is 0.0230. The second-order valence-corrected chi connectivity index (χ2v) is 19.1. The average molecular weight is 941 g/mol. The fraction of sp³-hybridized carbons (Fsp3) is 0.519. The zero-order valence-corrected chi connectivity index (χ0v) is 39.6. The molecule has 0 N–H and O–H groups in total. The topological polar surface area (TPSA) is 202 Å². The summed E-state index contributed by atoms with van der Waals surface area (Å²) >= 11 is 0. The number of hydrogen-bond donors (Lipinski definition) is 0. The van der Waals surface area contributed by atoms with Crippen LogP contribution in [0, 0.1) is 37.5 Å². The van der Waals surface area contributed by atoms with E-state index in [2.05, 4.69) is 20.1 Å². The van der Waals surface area contributed by atoms with Gasteiger partial charge in [0.2, 0.25) is 0 Å². The monoisotopic (exact) mass is 940 g/mol. The van der Waals surface area contributed by atoms with Crippen LogP contribution in [-0.2, 0) is 44.4 Å². The number of hydrogen-bond acceptors (Lipinski definition) is 14. The number of nitrogens with zero attached hydrogens (tertiary/aromatic N) is 2. The van der Waals surface area contributed by atoms with Crippen molar-refractivity contribution in [3.8, 4) is 0 Å². The molecule has 3 heterocycles. The molecule has 3 fully saturated rings. The van der Waals surface area contributed by atoms with Crippen LogP contribution in [-0.4, -0.2) is 96.9 Å². The molecular formula is C52H64N2O14. The van der Waals surface area contributed by atoms with Gasteiger partial charge in [-0.3, -0.25) is 25.0 Å². The molecule has 3 aliphatic rings. The second-order valence-electron chi connectivity index (χ2n) is 19.1. The maximum absolute atomic E-state index is 13.6. The summed E-state index contributed by atoms with van der Waals surface area (Å²) in [4.78, 5) is 60.3. The van der Waals surface area contributed by atoms with Gasteiger partial charge in [0.05, 0.1) is 75.7 Å². The van der Waals surface area contributed by atoms with Crippen molar-refractivity contribution in [2.45, 2.75) is 134 Å². The number of rotatable bonds is 21. The molecule has 16 nitrogen and oxygen atoms in total. The summed E-state index contributed by atoms with van der Waals surface area (Å²) < 4.78 is 43.5. The van der Waals surface area contributed by atoms with Crippen LogP contribution in [0.2, 0.25) is 0 Å². The first-order valence-corrected chi connectivity index (χ1v) is 23.3. The molecule has 68 heavy (non-hydrogen) atoms. The molecule has 0 radical (unpaired) electrons. The van der Waals surface area contributed by atoms with Crippen LogP contribution in [0.5, 0.6) is 0 Å². The summed E-state index contributed by atoms with van der Waals surface area (Å²) in [6, 6.07) is 19.9. The summed E-state index contributed by atoms with van der Waals surface area (Å²) in [5.74, 6) is -1.81. The maximum atomic E-state index is 13.6. The number of nitro groups is 2. The first-order chi connectivity index (χ1) is 32.4. The Morgan fingerprint density at radius 1 is 0.779 bits per heavy atom. The number of carbonyl (C=O) groups is 3. The van der Waals surface area contributed by atoms with E-state index in [4.69, 9.17) is 33.2 Å². The zero-order valence-electron chi connectivity index (χ0n) is 39.6. The fourth-order valence-electron chi connectivity index (χ4n) is 9.20. The molecule has 0 aromatic heterocycles.